The van der Waals surface area contributed by atoms with Crippen LogP contribution in [0.25, 0.3) is 0 Å². The van der Waals surface area contributed by atoms with E-state index in [1.54, 1.807) is 0 Å². The predicted molar refractivity (Wildman–Crippen MR) is 85.2 cm³/mol. The average Bonchev–Trinajstić information content (AvgIpc) is 3.35. The molecule has 1 unspecified atom stereocenters. The van der Waals surface area contributed by atoms with Gasteiger partial charge in [-0.25, -0.2) is 0 Å². The first kappa shape index (κ1) is 14.7. The van der Waals surface area contributed by atoms with Crippen molar-refractivity contribution < 1.29 is 18.9 Å². The molecule has 4 nitrogen and oxygen atoms in total. The summed E-state index contributed by atoms with van der Waals surface area (Å²) >= 11 is 0. The van der Waals surface area contributed by atoms with E-state index in [-0.39, 0.29) is 6.10 Å². The predicted octanol–water partition coefficient (Wildman–Crippen LogP) is 3.56. The second kappa shape index (κ2) is 5.96. The smallest absolute Gasteiger partial charge is 0.192 e. The molecule has 0 aliphatic carbocycles. The lowest BCUT2D eigenvalue weighted by Crippen LogP contribution is -2.22. The molecule has 23 heavy (non-hydrogen) atoms. The van der Waals surface area contributed by atoms with Gasteiger partial charge in [-0.05, 0) is 30.7 Å². The van der Waals surface area contributed by atoms with Gasteiger partial charge < -0.3 is 18.9 Å². The molecule has 120 valence electrons. The van der Waals surface area contributed by atoms with Crippen molar-refractivity contribution in [3.63, 3.8) is 0 Å². The largest absolute Gasteiger partial charge is 0.489 e. The van der Waals surface area contributed by atoms with Gasteiger partial charge in [0.15, 0.2) is 5.79 Å². The van der Waals surface area contributed by atoms with Crippen molar-refractivity contribution in [1.82, 2.24) is 0 Å². The van der Waals surface area contributed by atoms with Gasteiger partial charge in [0, 0.05) is 11.1 Å². The number of epoxide rings is 1. The molecule has 2 aromatic rings. The molecular formula is C19H20O4. The summed E-state index contributed by atoms with van der Waals surface area (Å²) in [6.07, 6.45) is 0.116. The molecule has 2 aliphatic rings. The summed E-state index contributed by atoms with van der Waals surface area (Å²) in [6.45, 7) is 4.49. The van der Waals surface area contributed by atoms with E-state index in [1.807, 2.05) is 37.3 Å². The minimum atomic E-state index is -0.665. The van der Waals surface area contributed by atoms with Crippen LogP contribution in [0.5, 0.6) is 5.75 Å². The zero-order valence-corrected chi connectivity index (χ0v) is 13.2. The van der Waals surface area contributed by atoms with Crippen molar-refractivity contribution in [3.8, 4) is 5.75 Å². The second-order valence-electron chi connectivity index (χ2n) is 5.99. The maximum absolute atomic E-state index is 6.01. The van der Waals surface area contributed by atoms with Gasteiger partial charge in [0.2, 0.25) is 0 Å². The van der Waals surface area contributed by atoms with Gasteiger partial charge in [-0.3, -0.25) is 0 Å². The van der Waals surface area contributed by atoms with Crippen LogP contribution in [-0.4, -0.2) is 19.8 Å². The van der Waals surface area contributed by atoms with E-state index < -0.39 is 5.79 Å². The van der Waals surface area contributed by atoms with E-state index in [1.165, 1.54) is 0 Å². The highest BCUT2D eigenvalue weighted by Gasteiger charge is 2.36. The van der Waals surface area contributed by atoms with Gasteiger partial charge in [-0.15, -0.1) is 0 Å². The number of ether oxygens (including phenoxy) is 4. The van der Waals surface area contributed by atoms with Crippen molar-refractivity contribution in [3.05, 3.63) is 65.2 Å². The Morgan fingerprint density at radius 2 is 1.83 bits per heavy atom. The Labute approximate surface area is 135 Å². The molecule has 0 saturated carbocycles. The molecule has 0 aromatic heterocycles. The van der Waals surface area contributed by atoms with Gasteiger partial charge in [0.1, 0.15) is 18.5 Å². The molecule has 0 spiro atoms. The third-order valence-corrected chi connectivity index (χ3v) is 4.29. The highest BCUT2D eigenvalue weighted by Crippen LogP contribution is 2.40. The lowest BCUT2D eigenvalue weighted by Gasteiger charge is -2.24. The second-order valence-corrected chi connectivity index (χ2v) is 5.99. The molecule has 0 N–H and O–H groups in total. The molecule has 2 aliphatic heterocycles. The quantitative estimate of drug-likeness (QED) is 0.792. The SMILES string of the molecule is CC1(c2ccc(OCc3ccccc3)c(C3CO3)c2)OCCO1. The van der Waals surface area contributed by atoms with E-state index >= 15 is 0 Å². The van der Waals surface area contributed by atoms with E-state index in [9.17, 15) is 0 Å². The maximum Gasteiger partial charge on any atom is 0.192 e. The van der Waals surface area contributed by atoms with Crippen LogP contribution in [0.1, 0.15) is 29.7 Å². The Balaban J connectivity index is 1.57. The summed E-state index contributed by atoms with van der Waals surface area (Å²) in [5.41, 5.74) is 3.22. The van der Waals surface area contributed by atoms with Crippen molar-refractivity contribution in [2.45, 2.75) is 25.4 Å². The fourth-order valence-corrected chi connectivity index (χ4v) is 2.86. The lowest BCUT2D eigenvalue weighted by molar-refractivity contribution is -0.149. The van der Waals surface area contributed by atoms with Crippen LogP contribution in [-0.2, 0) is 26.6 Å². The summed E-state index contributed by atoms with van der Waals surface area (Å²) in [5, 5.41) is 0. The van der Waals surface area contributed by atoms with Crippen molar-refractivity contribution in [2.75, 3.05) is 19.8 Å². The number of benzene rings is 2. The first-order valence-corrected chi connectivity index (χ1v) is 7.95. The van der Waals surface area contributed by atoms with Gasteiger partial charge in [-0.1, -0.05) is 30.3 Å². The minimum Gasteiger partial charge on any atom is -0.489 e. The fourth-order valence-electron chi connectivity index (χ4n) is 2.86. The van der Waals surface area contributed by atoms with Crippen LogP contribution in [0.2, 0.25) is 0 Å². The summed E-state index contributed by atoms with van der Waals surface area (Å²) in [6, 6.07) is 16.2. The fraction of sp³-hybridized carbons (Fsp3) is 0.368. The summed E-state index contributed by atoms with van der Waals surface area (Å²) in [4.78, 5) is 0. The van der Waals surface area contributed by atoms with Gasteiger partial charge in [0.25, 0.3) is 0 Å². The van der Waals surface area contributed by atoms with Crippen LogP contribution in [0, 0.1) is 0 Å². The Morgan fingerprint density at radius 1 is 1.09 bits per heavy atom. The molecule has 0 radical (unpaired) electrons. The molecular weight excluding hydrogens is 292 g/mol. The topological polar surface area (TPSA) is 40.2 Å². The molecule has 2 saturated heterocycles. The Bertz CT molecular complexity index is 673. The Kier molecular flexibility index (Phi) is 3.81. The van der Waals surface area contributed by atoms with Gasteiger partial charge >= 0.3 is 0 Å². The summed E-state index contributed by atoms with van der Waals surface area (Å²) in [7, 11) is 0. The number of rotatable bonds is 5. The van der Waals surface area contributed by atoms with Crippen LogP contribution >= 0.6 is 0 Å². The van der Waals surface area contributed by atoms with E-state index in [4.69, 9.17) is 18.9 Å². The molecule has 0 amide bonds. The standard InChI is InChI=1S/C19H20O4/c1-19(22-9-10-23-19)15-7-8-17(16(11-15)18-13-21-18)20-12-14-5-3-2-4-6-14/h2-8,11,18H,9-10,12-13H2,1H3. The van der Waals surface area contributed by atoms with Crippen LogP contribution in [0.15, 0.2) is 48.5 Å². The highest BCUT2D eigenvalue weighted by molar-refractivity contribution is 5.42. The number of hydrogen-bond donors (Lipinski definition) is 0. The monoisotopic (exact) mass is 312 g/mol. The molecule has 4 heteroatoms. The zero-order chi connectivity index (χ0) is 15.7. The lowest BCUT2D eigenvalue weighted by atomic mass is 10.0. The maximum atomic E-state index is 6.01. The number of hydrogen-bond acceptors (Lipinski definition) is 4. The molecule has 2 heterocycles. The molecule has 0 bridgehead atoms. The molecule has 2 fully saturated rings. The normalized spacial score (nSPS) is 22.0. The summed E-state index contributed by atoms with van der Waals surface area (Å²) in [5.74, 6) is 0.198. The summed E-state index contributed by atoms with van der Waals surface area (Å²) < 4.78 is 23.0. The third-order valence-electron chi connectivity index (χ3n) is 4.29. The Hall–Kier alpha value is -1.88. The van der Waals surface area contributed by atoms with E-state index in [2.05, 4.69) is 18.2 Å². The van der Waals surface area contributed by atoms with E-state index in [0.717, 1.165) is 29.0 Å². The molecule has 2 aromatic carbocycles. The van der Waals surface area contributed by atoms with Crippen molar-refractivity contribution >= 4 is 0 Å². The minimum absolute atomic E-state index is 0.116. The van der Waals surface area contributed by atoms with Gasteiger partial charge in [-0.2, -0.15) is 0 Å². The Morgan fingerprint density at radius 3 is 2.52 bits per heavy atom. The van der Waals surface area contributed by atoms with Crippen molar-refractivity contribution in [1.29, 1.82) is 0 Å². The van der Waals surface area contributed by atoms with E-state index in [0.29, 0.717) is 19.8 Å². The first-order valence-electron chi connectivity index (χ1n) is 7.95. The highest BCUT2D eigenvalue weighted by atomic mass is 16.7. The van der Waals surface area contributed by atoms with Crippen LogP contribution in [0.3, 0.4) is 0 Å². The molecule has 1 atom stereocenters. The van der Waals surface area contributed by atoms with Crippen LogP contribution < -0.4 is 4.74 Å². The van der Waals surface area contributed by atoms with Gasteiger partial charge in [0.05, 0.1) is 19.8 Å². The average molecular weight is 312 g/mol. The van der Waals surface area contributed by atoms with Crippen molar-refractivity contribution in [2.24, 2.45) is 0 Å². The first-order chi connectivity index (χ1) is 11.2. The third kappa shape index (κ3) is 3.11. The molecule has 4 rings (SSSR count). The van der Waals surface area contributed by atoms with Crippen LogP contribution in [0.4, 0.5) is 0 Å². The zero-order valence-electron chi connectivity index (χ0n) is 13.2.